The molecule has 1 rings (SSSR count). The van der Waals surface area contributed by atoms with Gasteiger partial charge in [0.05, 0.1) is 11.3 Å². The Balaban J connectivity index is 3.11. The molecule has 0 atom stereocenters. The van der Waals surface area contributed by atoms with Crippen molar-refractivity contribution in [2.24, 2.45) is 0 Å². The SMILES string of the molecule is CCC(=O)Nc1cccc(Br)c1C(=O)O. The molecule has 0 bridgehead atoms. The lowest BCUT2D eigenvalue weighted by atomic mass is 10.2. The highest BCUT2D eigenvalue weighted by molar-refractivity contribution is 9.10. The van der Waals surface area contributed by atoms with Gasteiger partial charge >= 0.3 is 5.97 Å². The van der Waals surface area contributed by atoms with Gasteiger partial charge in [0.15, 0.2) is 0 Å². The van der Waals surface area contributed by atoms with Crippen LogP contribution < -0.4 is 5.32 Å². The van der Waals surface area contributed by atoms with Crippen molar-refractivity contribution in [2.75, 3.05) is 5.32 Å². The van der Waals surface area contributed by atoms with Crippen LogP contribution in [0.5, 0.6) is 0 Å². The lowest BCUT2D eigenvalue weighted by Crippen LogP contribution is -2.13. The number of aromatic carboxylic acids is 1. The zero-order chi connectivity index (χ0) is 11.4. The third-order valence-electron chi connectivity index (χ3n) is 1.82. The first-order chi connectivity index (χ1) is 7.06. The van der Waals surface area contributed by atoms with Crippen LogP contribution in [0.4, 0.5) is 5.69 Å². The summed E-state index contributed by atoms with van der Waals surface area (Å²) in [5.74, 6) is -1.29. The first-order valence-corrected chi connectivity index (χ1v) is 5.17. The Bertz CT molecular complexity index is 404. The third kappa shape index (κ3) is 2.79. The molecule has 1 amide bonds. The van der Waals surface area contributed by atoms with Crippen molar-refractivity contribution in [3.63, 3.8) is 0 Å². The molecule has 2 N–H and O–H groups in total. The van der Waals surface area contributed by atoms with Gasteiger partial charge in [0.1, 0.15) is 0 Å². The second-order valence-electron chi connectivity index (χ2n) is 2.87. The highest BCUT2D eigenvalue weighted by Crippen LogP contribution is 2.24. The maximum atomic E-state index is 11.1. The monoisotopic (exact) mass is 271 g/mol. The summed E-state index contributed by atoms with van der Waals surface area (Å²) in [4.78, 5) is 22.1. The van der Waals surface area contributed by atoms with Crippen LogP contribution in [0.2, 0.25) is 0 Å². The van der Waals surface area contributed by atoms with E-state index in [2.05, 4.69) is 21.2 Å². The quantitative estimate of drug-likeness (QED) is 0.888. The topological polar surface area (TPSA) is 66.4 Å². The van der Waals surface area contributed by atoms with Gasteiger partial charge in [-0.2, -0.15) is 0 Å². The van der Waals surface area contributed by atoms with E-state index in [0.29, 0.717) is 16.6 Å². The molecule has 1 aromatic carbocycles. The Morgan fingerprint density at radius 3 is 2.67 bits per heavy atom. The highest BCUT2D eigenvalue weighted by Gasteiger charge is 2.14. The maximum absolute atomic E-state index is 11.1. The van der Waals surface area contributed by atoms with Crippen LogP contribution >= 0.6 is 15.9 Å². The number of amides is 1. The molecule has 0 aliphatic rings. The van der Waals surface area contributed by atoms with Crippen LogP contribution in [-0.2, 0) is 4.79 Å². The molecule has 0 aliphatic heterocycles. The van der Waals surface area contributed by atoms with Crippen LogP contribution in [0.1, 0.15) is 23.7 Å². The van der Waals surface area contributed by atoms with Crippen LogP contribution in [0.3, 0.4) is 0 Å². The molecule has 0 fully saturated rings. The highest BCUT2D eigenvalue weighted by atomic mass is 79.9. The number of hydrogen-bond donors (Lipinski definition) is 2. The van der Waals surface area contributed by atoms with Gasteiger partial charge in [-0.25, -0.2) is 4.79 Å². The van der Waals surface area contributed by atoms with E-state index in [1.54, 1.807) is 25.1 Å². The molecule has 0 saturated carbocycles. The second kappa shape index (κ2) is 4.93. The zero-order valence-electron chi connectivity index (χ0n) is 8.08. The van der Waals surface area contributed by atoms with E-state index in [-0.39, 0.29) is 11.5 Å². The van der Waals surface area contributed by atoms with Crippen molar-refractivity contribution in [3.05, 3.63) is 28.2 Å². The molecular formula is C10H10BrNO3. The summed E-state index contributed by atoms with van der Waals surface area (Å²) in [5.41, 5.74) is 0.378. The molecule has 4 nitrogen and oxygen atoms in total. The maximum Gasteiger partial charge on any atom is 0.338 e. The predicted molar refractivity (Wildman–Crippen MR) is 60.0 cm³/mol. The molecule has 0 unspecified atom stereocenters. The molecule has 0 aromatic heterocycles. The third-order valence-corrected chi connectivity index (χ3v) is 2.48. The summed E-state index contributed by atoms with van der Waals surface area (Å²) in [6, 6.07) is 4.84. The number of anilines is 1. The minimum atomic E-state index is -1.08. The van der Waals surface area contributed by atoms with E-state index >= 15 is 0 Å². The summed E-state index contributed by atoms with van der Waals surface area (Å²) in [5, 5.41) is 11.5. The fraction of sp³-hybridized carbons (Fsp3) is 0.200. The Labute approximate surface area is 95.4 Å². The Morgan fingerprint density at radius 1 is 1.47 bits per heavy atom. The van der Waals surface area contributed by atoms with E-state index in [9.17, 15) is 9.59 Å². The largest absolute Gasteiger partial charge is 0.478 e. The van der Waals surface area contributed by atoms with Crippen LogP contribution in [-0.4, -0.2) is 17.0 Å². The minimum Gasteiger partial charge on any atom is -0.478 e. The molecule has 0 radical (unpaired) electrons. The molecule has 5 heteroatoms. The van der Waals surface area contributed by atoms with Crippen LogP contribution in [0.15, 0.2) is 22.7 Å². The number of carboxylic acids is 1. The smallest absolute Gasteiger partial charge is 0.338 e. The second-order valence-corrected chi connectivity index (χ2v) is 3.72. The van der Waals surface area contributed by atoms with Crippen LogP contribution in [0, 0.1) is 0 Å². The van der Waals surface area contributed by atoms with Gasteiger partial charge in [0.2, 0.25) is 5.91 Å². The lowest BCUT2D eigenvalue weighted by Gasteiger charge is -2.08. The Hall–Kier alpha value is -1.36. The molecule has 80 valence electrons. The number of nitrogens with one attached hydrogen (secondary N) is 1. The summed E-state index contributed by atoms with van der Waals surface area (Å²) in [6.45, 7) is 1.70. The van der Waals surface area contributed by atoms with Gasteiger partial charge in [-0.1, -0.05) is 13.0 Å². The van der Waals surface area contributed by atoms with Gasteiger partial charge in [-0.15, -0.1) is 0 Å². The van der Waals surface area contributed by atoms with E-state index in [1.165, 1.54) is 0 Å². The van der Waals surface area contributed by atoms with Gasteiger partial charge in [-0.05, 0) is 28.1 Å². The molecule has 0 aliphatic carbocycles. The van der Waals surface area contributed by atoms with Crippen molar-refractivity contribution in [3.8, 4) is 0 Å². The predicted octanol–water partition coefficient (Wildman–Crippen LogP) is 2.50. The van der Waals surface area contributed by atoms with Gasteiger partial charge in [0, 0.05) is 10.9 Å². The van der Waals surface area contributed by atoms with Gasteiger partial charge < -0.3 is 10.4 Å². The van der Waals surface area contributed by atoms with Crippen molar-refractivity contribution in [1.82, 2.24) is 0 Å². The number of carbonyl (C=O) groups is 2. The van der Waals surface area contributed by atoms with Crippen molar-refractivity contribution < 1.29 is 14.7 Å². The fourth-order valence-corrected chi connectivity index (χ4v) is 1.62. The van der Waals surface area contributed by atoms with Crippen molar-refractivity contribution in [2.45, 2.75) is 13.3 Å². The van der Waals surface area contributed by atoms with E-state index in [4.69, 9.17) is 5.11 Å². The molecule has 0 saturated heterocycles. The number of benzene rings is 1. The molecule has 1 aromatic rings. The molecule has 0 spiro atoms. The zero-order valence-corrected chi connectivity index (χ0v) is 9.67. The van der Waals surface area contributed by atoms with Crippen LogP contribution in [0.25, 0.3) is 0 Å². The van der Waals surface area contributed by atoms with Crippen molar-refractivity contribution >= 4 is 33.5 Å². The number of carboxylic acid groups (broad SMARTS) is 1. The Kier molecular flexibility index (Phi) is 3.85. The summed E-state index contributed by atoms with van der Waals surface area (Å²) in [6.07, 6.45) is 0.311. The summed E-state index contributed by atoms with van der Waals surface area (Å²) in [7, 11) is 0. The van der Waals surface area contributed by atoms with E-state index < -0.39 is 5.97 Å². The summed E-state index contributed by atoms with van der Waals surface area (Å²) < 4.78 is 0.448. The number of carbonyl (C=O) groups excluding carboxylic acids is 1. The number of halogens is 1. The normalized spacial score (nSPS) is 9.73. The van der Waals surface area contributed by atoms with E-state index in [1.807, 2.05) is 0 Å². The number of hydrogen-bond acceptors (Lipinski definition) is 2. The fourth-order valence-electron chi connectivity index (χ4n) is 1.08. The van der Waals surface area contributed by atoms with E-state index in [0.717, 1.165) is 0 Å². The average molecular weight is 272 g/mol. The first-order valence-electron chi connectivity index (χ1n) is 4.38. The van der Waals surface area contributed by atoms with Gasteiger partial charge in [0.25, 0.3) is 0 Å². The first kappa shape index (κ1) is 11.7. The number of rotatable bonds is 3. The van der Waals surface area contributed by atoms with Crippen molar-refractivity contribution in [1.29, 1.82) is 0 Å². The minimum absolute atomic E-state index is 0.0688. The van der Waals surface area contributed by atoms with Gasteiger partial charge in [-0.3, -0.25) is 4.79 Å². The molecule has 0 heterocycles. The summed E-state index contributed by atoms with van der Waals surface area (Å²) >= 11 is 3.13. The Morgan fingerprint density at radius 2 is 2.13 bits per heavy atom. The molecule has 15 heavy (non-hydrogen) atoms. The standard InChI is InChI=1S/C10H10BrNO3/c1-2-8(13)12-7-5-3-4-6(11)9(7)10(14)15/h3-5H,2H2,1H3,(H,12,13)(H,14,15). The lowest BCUT2D eigenvalue weighted by molar-refractivity contribution is -0.115. The molecular weight excluding hydrogens is 262 g/mol. The average Bonchev–Trinajstić information content (AvgIpc) is 2.17.